The van der Waals surface area contributed by atoms with E-state index in [1.54, 1.807) is 17.0 Å². The minimum absolute atomic E-state index is 0.0712. The van der Waals surface area contributed by atoms with E-state index in [4.69, 9.17) is 0 Å². The van der Waals surface area contributed by atoms with Gasteiger partial charge in [-0.3, -0.25) is 9.59 Å². The highest BCUT2D eigenvalue weighted by atomic mass is 16.2. The van der Waals surface area contributed by atoms with Crippen molar-refractivity contribution in [3.05, 3.63) is 102 Å². The minimum atomic E-state index is -0.624. The van der Waals surface area contributed by atoms with Gasteiger partial charge < -0.3 is 10.2 Å². The molecule has 3 aromatic rings. The van der Waals surface area contributed by atoms with Crippen LogP contribution in [0, 0.1) is 0 Å². The number of nitrogens with zero attached hydrogens (tertiary/aromatic N) is 1. The lowest BCUT2D eigenvalue weighted by Gasteiger charge is -2.25. The molecule has 1 aliphatic rings. The average Bonchev–Trinajstić information content (AvgIpc) is 3.18. The summed E-state index contributed by atoms with van der Waals surface area (Å²) in [5.41, 5.74) is 3.68. The third-order valence-electron chi connectivity index (χ3n) is 5.08. The summed E-state index contributed by atoms with van der Waals surface area (Å²) in [6.45, 7) is 0.644. The molecule has 0 aromatic heterocycles. The van der Waals surface area contributed by atoms with Crippen LogP contribution >= 0.6 is 0 Å². The smallest absolute Gasteiger partial charge is 0.251 e. The second-order valence-electron chi connectivity index (χ2n) is 6.95. The number of benzene rings is 3. The van der Waals surface area contributed by atoms with Gasteiger partial charge >= 0.3 is 0 Å². The summed E-state index contributed by atoms with van der Waals surface area (Å²) in [4.78, 5) is 27.9. The topological polar surface area (TPSA) is 49.4 Å². The summed E-state index contributed by atoms with van der Waals surface area (Å²) in [5.74, 6) is -0.305. The zero-order valence-corrected chi connectivity index (χ0v) is 15.5. The molecule has 140 valence electrons. The average molecular weight is 370 g/mol. The van der Waals surface area contributed by atoms with Gasteiger partial charge in [0, 0.05) is 24.2 Å². The summed E-state index contributed by atoms with van der Waals surface area (Å²) in [6, 6.07) is 26.1. The van der Waals surface area contributed by atoms with Crippen LogP contribution in [0.2, 0.25) is 0 Å². The number of hydrogen-bond donors (Lipinski definition) is 1. The lowest BCUT2D eigenvalue weighted by atomic mass is 10.0. The molecule has 28 heavy (non-hydrogen) atoms. The largest absolute Gasteiger partial charge is 0.340 e. The van der Waals surface area contributed by atoms with E-state index in [0.29, 0.717) is 18.5 Å². The normalized spacial score (nSPS) is 13.6. The van der Waals surface area contributed by atoms with E-state index in [2.05, 4.69) is 11.4 Å². The second kappa shape index (κ2) is 8.09. The molecule has 0 saturated heterocycles. The van der Waals surface area contributed by atoms with E-state index in [1.165, 1.54) is 5.56 Å². The van der Waals surface area contributed by atoms with E-state index in [-0.39, 0.29) is 11.8 Å². The SMILES string of the molecule is O=C(N[C@@H](Cc1ccccc1)C(=O)N1CCc2ccccc21)c1ccccc1. The molecule has 0 saturated carbocycles. The molecule has 1 heterocycles. The molecule has 0 bridgehead atoms. The van der Waals surface area contributed by atoms with Crippen molar-refractivity contribution in [3.63, 3.8) is 0 Å². The van der Waals surface area contributed by atoms with Crippen LogP contribution in [0.5, 0.6) is 0 Å². The zero-order valence-electron chi connectivity index (χ0n) is 15.5. The van der Waals surface area contributed by atoms with E-state index in [9.17, 15) is 9.59 Å². The van der Waals surface area contributed by atoms with Crippen LogP contribution in [-0.4, -0.2) is 24.4 Å². The molecule has 4 heteroatoms. The lowest BCUT2D eigenvalue weighted by Crippen LogP contribution is -2.49. The molecule has 4 nitrogen and oxygen atoms in total. The third-order valence-corrected chi connectivity index (χ3v) is 5.08. The summed E-state index contributed by atoms with van der Waals surface area (Å²) in [7, 11) is 0. The number of nitrogens with one attached hydrogen (secondary N) is 1. The molecule has 0 radical (unpaired) electrons. The Bertz CT molecular complexity index is 970. The standard InChI is InChI=1S/C24H22N2O2/c27-23(20-12-5-2-6-13-20)25-21(17-18-9-3-1-4-10-18)24(28)26-16-15-19-11-7-8-14-22(19)26/h1-14,21H,15-17H2,(H,25,27)/t21-/m0/s1. The van der Waals surface area contributed by atoms with Crippen LogP contribution in [0.3, 0.4) is 0 Å². The van der Waals surface area contributed by atoms with Crippen LogP contribution in [0.25, 0.3) is 0 Å². The molecular formula is C24H22N2O2. The first kappa shape index (κ1) is 18.0. The van der Waals surface area contributed by atoms with Crippen LogP contribution in [-0.2, 0) is 17.6 Å². The van der Waals surface area contributed by atoms with Crippen molar-refractivity contribution in [2.45, 2.75) is 18.9 Å². The van der Waals surface area contributed by atoms with Crippen LogP contribution < -0.4 is 10.2 Å². The van der Waals surface area contributed by atoms with E-state index >= 15 is 0 Å². The van der Waals surface area contributed by atoms with E-state index in [0.717, 1.165) is 17.7 Å². The van der Waals surface area contributed by atoms with Gasteiger partial charge in [0.15, 0.2) is 0 Å². The van der Waals surface area contributed by atoms with Crippen molar-refractivity contribution >= 4 is 17.5 Å². The van der Waals surface area contributed by atoms with Crippen LogP contribution in [0.1, 0.15) is 21.5 Å². The summed E-state index contributed by atoms with van der Waals surface area (Å²) in [6.07, 6.45) is 1.30. The summed E-state index contributed by atoms with van der Waals surface area (Å²) < 4.78 is 0. The van der Waals surface area contributed by atoms with Crippen molar-refractivity contribution in [2.75, 3.05) is 11.4 Å². The van der Waals surface area contributed by atoms with E-state index < -0.39 is 6.04 Å². The first-order valence-corrected chi connectivity index (χ1v) is 9.51. The predicted octanol–water partition coefficient (Wildman–Crippen LogP) is 3.62. The number of amides is 2. The Kier molecular flexibility index (Phi) is 5.20. The molecule has 1 aliphatic heterocycles. The maximum atomic E-state index is 13.4. The Labute approximate surface area is 164 Å². The number of para-hydroxylation sites is 1. The molecule has 4 rings (SSSR count). The Balaban J connectivity index is 1.59. The molecule has 0 fully saturated rings. The van der Waals surface area contributed by atoms with Crippen molar-refractivity contribution in [1.82, 2.24) is 5.32 Å². The molecule has 3 aromatic carbocycles. The highest BCUT2D eigenvalue weighted by Crippen LogP contribution is 2.28. The molecule has 1 atom stereocenters. The quantitative estimate of drug-likeness (QED) is 0.746. The van der Waals surface area contributed by atoms with Gasteiger partial charge in [0.1, 0.15) is 6.04 Å². The fraction of sp³-hybridized carbons (Fsp3) is 0.167. The van der Waals surface area contributed by atoms with Gasteiger partial charge in [-0.05, 0) is 35.7 Å². The van der Waals surface area contributed by atoms with E-state index in [1.807, 2.05) is 66.7 Å². The number of carbonyl (C=O) groups excluding carboxylic acids is 2. The first-order valence-electron chi connectivity index (χ1n) is 9.51. The van der Waals surface area contributed by atoms with Gasteiger partial charge in [-0.2, -0.15) is 0 Å². The van der Waals surface area contributed by atoms with Gasteiger partial charge in [0.25, 0.3) is 5.91 Å². The molecule has 0 aliphatic carbocycles. The molecule has 2 amide bonds. The van der Waals surface area contributed by atoms with Crippen LogP contribution in [0.15, 0.2) is 84.9 Å². The van der Waals surface area contributed by atoms with Crippen LogP contribution in [0.4, 0.5) is 5.69 Å². The fourth-order valence-electron chi connectivity index (χ4n) is 3.64. The van der Waals surface area contributed by atoms with Crippen molar-refractivity contribution in [3.8, 4) is 0 Å². The molecule has 0 spiro atoms. The number of anilines is 1. The monoisotopic (exact) mass is 370 g/mol. The molecular weight excluding hydrogens is 348 g/mol. The molecule has 0 unspecified atom stereocenters. The maximum Gasteiger partial charge on any atom is 0.251 e. The van der Waals surface area contributed by atoms with Gasteiger partial charge in [-0.25, -0.2) is 0 Å². The van der Waals surface area contributed by atoms with Gasteiger partial charge in [0.05, 0.1) is 0 Å². The third kappa shape index (κ3) is 3.81. The van der Waals surface area contributed by atoms with Gasteiger partial charge in [-0.1, -0.05) is 66.7 Å². The van der Waals surface area contributed by atoms with Gasteiger partial charge in [-0.15, -0.1) is 0 Å². The number of rotatable bonds is 5. The first-order chi connectivity index (χ1) is 13.7. The predicted molar refractivity (Wildman–Crippen MR) is 110 cm³/mol. The van der Waals surface area contributed by atoms with Crippen molar-refractivity contribution in [1.29, 1.82) is 0 Å². The van der Waals surface area contributed by atoms with Gasteiger partial charge in [0.2, 0.25) is 5.91 Å². The maximum absolute atomic E-state index is 13.4. The molecule has 1 N–H and O–H groups in total. The highest BCUT2D eigenvalue weighted by Gasteiger charge is 2.31. The highest BCUT2D eigenvalue weighted by molar-refractivity contribution is 6.03. The Morgan fingerprint density at radius 1 is 0.857 bits per heavy atom. The fourth-order valence-corrected chi connectivity index (χ4v) is 3.64. The number of hydrogen-bond acceptors (Lipinski definition) is 2. The number of fused-ring (bicyclic) bond motifs is 1. The number of carbonyl (C=O) groups is 2. The summed E-state index contributed by atoms with van der Waals surface area (Å²) >= 11 is 0. The summed E-state index contributed by atoms with van der Waals surface area (Å²) in [5, 5.41) is 2.96. The zero-order chi connectivity index (χ0) is 19.3. The Morgan fingerprint density at radius 2 is 1.50 bits per heavy atom. The Morgan fingerprint density at radius 3 is 2.25 bits per heavy atom. The minimum Gasteiger partial charge on any atom is -0.340 e. The Hall–Kier alpha value is -3.40. The second-order valence-corrected chi connectivity index (χ2v) is 6.95. The van der Waals surface area contributed by atoms with Crippen molar-refractivity contribution < 1.29 is 9.59 Å². The lowest BCUT2D eigenvalue weighted by molar-refractivity contribution is -0.120. The van der Waals surface area contributed by atoms with Crippen molar-refractivity contribution in [2.24, 2.45) is 0 Å².